The number of amides is 2. The Morgan fingerprint density at radius 3 is 2.48 bits per heavy atom. The van der Waals surface area contributed by atoms with Crippen molar-refractivity contribution in [3.63, 3.8) is 0 Å². The molecule has 0 aliphatic rings. The normalized spacial score (nSPS) is 11.7. The average Bonchev–Trinajstić information content (AvgIpc) is 2.72. The van der Waals surface area contributed by atoms with E-state index in [2.05, 4.69) is 36.5 Å². The van der Waals surface area contributed by atoms with E-state index in [1.807, 2.05) is 25.1 Å². The van der Waals surface area contributed by atoms with Crippen LogP contribution in [-0.4, -0.2) is 35.1 Å². The van der Waals surface area contributed by atoms with Crippen LogP contribution in [0.5, 0.6) is 0 Å². The van der Waals surface area contributed by atoms with Gasteiger partial charge in [0.05, 0.1) is 0 Å². The Balaban J connectivity index is 2.05. The van der Waals surface area contributed by atoms with Gasteiger partial charge >= 0.3 is 0 Å². The van der Waals surface area contributed by atoms with Crippen molar-refractivity contribution >= 4 is 35.2 Å². The van der Waals surface area contributed by atoms with Crippen LogP contribution in [0, 0.1) is 6.92 Å². The molecule has 0 aliphatic heterocycles. The lowest BCUT2D eigenvalue weighted by Crippen LogP contribution is -2.47. The molecule has 4 nitrogen and oxygen atoms in total. The monoisotopic (exact) mass is 432 g/mol. The lowest BCUT2D eigenvalue weighted by Gasteiger charge is -2.29. The van der Waals surface area contributed by atoms with Crippen LogP contribution >= 0.6 is 23.4 Å². The van der Waals surface area contributed by atoms with E-state index in [0.29, 0.717) is 30.3 Å². The lowest BCUT2D eigenvalue weighted by atomic mass is 10.1. The zero-order chi connectivity index (χ0) is 21.2. The molecule has 0 heterocycles. The van der Waals surface area contributed by atoms with Crippen LogP contribution in [-0.2, 0) is 16.1 Å². The number of hydrogen-bond acceptors (Lipinski definition) is 3. The first kappa shape index (κ1) is 23.3. The number of carbonyl (C=O) groups excluding carboxylic acids is 2. The molecule has 0 saturated carbocycles. The van der Waals surface area contributed by atoms with E-state index in [0.717, 1.165) is 16.9 Å². The smallest absolute Gasteiger partial charge is 0.242 e. The Bertz CT molecular complexity index is 811. The number of rotatable bonds is 10. The Hall–Kier alpha value is -1.98. The number of hydrogen-bond donors (Lipinski definition) is 1. The number of carbonyl (C=O) groups is 2. The predicted molar refractivity (Wildman–Crippen MR) is 121 cm³/mol. The third kappa shape index (κ3) is 7.41. The number of thioether (sulfide) groups is 1. The maximum absolute atomic E-state index is 13.0. The van der Waals surface area contributed by atoms with E-state index in [9.17, 15) is 9.59 Å². The van der Waals surface area contributed by atoms with E-state index in [4.69, 9.17) is 11.6 Å². The molecule has 0 aliphatic carbocycles. The molecule has 0 unspecified atom stereocenters. The molecular weight excluding hydrogens is 404 g/mol. The van der Waals surface area contributed by atoms with Crippen LogP contribution in [0.4, 0.5) is 0 Å². The third-order valence-electron chi connectivity index (χ3n) is 4.62. The number of nitrogens with zero attached hydrogens (tertiary/aromatic N) is 1. The first-order chi connectivity index (χ1) is 13.9. The van der Waals surface area contributed by atoms with Crippen molar-refractivity contribution in [3.05, 3.63) is 64.7 Å². The fourth-order valence-corrected chi connectivity index (χ4v) is 3.86. The first-order valence-electron chi connectivity index (χ1n) is 9.92. The zero-order valence-electron chi connectivity index (χ0n) is 17.3. The molecule has 1 atom stereocenters. The molecule has 156 valence electrons. The second-order valence-electron chi connectivity index (χ2n) is 6.99. The third-order valence-corrected chi connectivity index (χ3v) is 6.00. The Morgan fingerprint density at radius 1 is 1.14 bits per heavy atom. The van der Waals surface area contributed by atoms with Gasteiger partial charge in [0.2, 0.25) is 11.8 Å². The maximum atomic E-state index is 13.0. The van der Waals surface area contributed by atoms with Gasteiger partial charge in [0.15, 0.2) is 0 Å². The second-order valence-corrected chi connectivity index (χ2v) is 8.57. The fraction of sp³-hybridized carbons (Fsp3) is 0.391. The largest absolute Gasteiger partial charge is 0.354 e. The van der Waals surface area contributed by atoms with Gasteiger partial charge in [0, 0.05) is 35.2 Å². The van der Waals surface area contributed by atoms with Gasteiger partial charge in [-0.05, 0) is 44.0 Å². The van der Waals surface area contributed by atoms with Gasteiger partial charge in [-0.15, -0.1) is 11.8 Å². The summed E-state index contributed by atoms with van der Waals surface area (Å²) in [5.74, 6) is 0.464. The van der Waals surface area contributed by atoms with Crippen molar-refractivity contribution in [2.75, 3.05) is 12.3 Å². The van der Waals surface area contributed by atoms with Crippen LogP contribution in [0.2, 0.25) is 5.02 Å². The summed E-state index contributed by atoms with van der Waals surface area (Å²) in [7, 11) is 0. The molecule has 6 heteroatoms. The summed E-state index contributed by atoms with van der Waals surface area (Å²) in [5.41, 5.74) is 2.05. The molecule has 0 aromatic heterocycles. The number of aryl methyl sites for hydroxylation is 1. The lowest BCUT2D eigenvalue weighted by molar-refractivity contribution is -0.140. The molecule has 0 radical (unpaired) electrons. The van der Waals surface area contributed by atoms with Crippen molar-refractivity contribution in [1.29, 1.82) is 0 Å². The minimum atomic E-state index is -0.560. The van der Waals surface area contributed by atoms with Crippen molar-refractivity contribution in [3.8, 4) is 0 Å². The van der Waals surface area contributed by atoms with E-state index < -0.39 is 6.04 Å². The molecular formula is C23H29ClN2O2S. The van der Waals surface area contributed by atoms with Gasteiger partial charge in [-0.2, -0.15) is 0 Å². The highest BCUT2D eigenvalue weighted by molar-refractivity contribution is 7.99. The molecule has 0 saturated heterocycles. The molecule has 2 amide bonds. The minimum absolute atomic E-state index is 0.0521. The quantitative estimate of drug-likeness (QED) is 0.533. The molecule has 1 N–H and O–H groups in total. The standard InChI is InChI=1S/C23H29ClN2O2S/c1-4-14-25-23(28)18(3)26(16-19-7-5-6-8-21(19)24)22(27)13-15-29-20-11-9-17(2)10-12-20/h5-12,18H,4,13-16H2,1-3H3,(H,25,28)/t18-/m0/s1. The summed E-state index contributed by atoms with van der Waals surface area (Å²) in [6.07, 6.45) is 1.21. The molecule has 2 aromatic carbocycles. The topological polar surface area (TPSA) is 49.4 Å². The Kier molecular flexibility index (Phi) is 9.55. The summed E-state index contributed by atoms with van der Waals surface area (Å²) in [5, 5.41) is 3.48. The van der Waals surface area contributed by atoms with Crippen molar-refractivity contribution < 1.29 is 9.59 Å². The highest BCUT2D eigenvalue weighted by atomic mass is 35.5. The SMILES string of the molecule is CCCNC(=O)[C@H](C)N(Cc1ccccc1Cl)C(=O)CCSc1ccc(C)cc1. The molecule has 0 spiro atoms. The van der Waals surface area contributed by atoms with Gasteiger partial charge in [-0.3, -0.25) is 9.59 Å². The average molecular weight is 433 g/mol. The van der Waals surface area contributed by atoms with Crippen molar-refractivity contribution in [1.82, 2.24) is 10.2 Å². The van der Waals surface area contributed by atoms with E-state index in [1.54, 1.807) is 29.7 Å². The van der Waals surface area contributed by atoms with Gasteiger partial charge < -0.3 is 10.2 Å². The van der Waals surface area contributed by atoms with Crippen LogP contribution in [0.15, 0.2) is 53.4 Å². The summed E-state index contributed by atoms with van der Waals surface area (Å²) >= 11 is 7.94. The van der Waals surface area contributed by atoms with E-state index >= 15 is 0 Å². The van der Waals surface area contributed by atoms with Crippen LogP contribution in [0.1, 0.15) is 37.8 Å². The highest BCUT2D eigenvalue weighted by Gasteiger charge is 2.26. The summed E-state index contributed by atoms with van der Waals surface area (Å²) in [6, 6.07) is 15.1. The molecule has 29 heavy (non-hydrogen) atoms. The number of halogens is 1. The van der Waals surface area contributed by atoms with Crippen molar-refractivity contribution in [2.45, 2.75) is 51.1 Å². The Labute approximate surface area is 183 Å². The summed E-state index contributed by atoms with van der Waals surface area (Å²) in [6.45, 7) is 6.73. The fourth-order valence-electron chi connectivity index (χ4n) is 2.82. The Morgan fingerprint density at radius 2 is 1.83 bits per heavy atom. The molecule has 0 bridgehead atoms. The van der Waals surface area contributed by atoms with Crippen molar-refractivity contribution in [2.24, 2.45) is 0 Å². The van der Waals surface area contributed by atoms with Crippen LogP contribution in [0.25, 0.3) is 0 Å². The molecule has 0 fully saturated rings. The van der Waals surface area contributed by atoms with Crippen LogP contribution < -0.4 is 5.32 Å². The van der Waals surface area contributed by atoms with Gasteiger partial charge in [-0.1, -0.05) is 54.4 Å². The van der Waals surface area contributed by atoms with Gasteiger partial charge in [0.25, 0.3) is 0 Å². The minimum Gasteiger partial charge on any atom is -0.354 e. The van der Waals surface area contributed by atoms with Gasteiger partial charge in [0.1, 0.15) is 6.04 Å². The first-order valence-corrected chi connectivity index (χ1v) is 11.3. The zero-order valence-corrected chi connectivity index (χ0v) is 18.9. The summed E-state index contributed by atoms with van der Waals surface area (Å²) < 4.78 is 0. The maximum Gasteiger partial charge on any atom is 0.242 e. The van der Waals surface area contributed by atoms with E-state index in [-0.39, 0.29) is 11.8 Å². The summed E-state index contributed by atoms with van der Waals surface area (Å²) in [4.78, 5) is 28.3. The molecule has 2 rings (SSSR count). The van der Waals surface area contributed by atoms with Gasteiger partial charge in [-0.25, -0.2) is 0 Å². The second kappa shape index (κ2) is 11.9. The number of benzene rings is 2. The highest BCUT2D eigenvalue weighted by Crippen LogP contribution is 2.22. The predicted octanol–water partition coefficient (Wildman–Crippen LogP) is 5.07. The van der Waals surface area contributed by atoms with Crippen LogP contribution in [0.3, 0.4) is 0 Å². The number of nitrogens with one attached hydrogen (secondary N) is 1. The van der Waals surface area contributed by atoms with E-state index in [1.165, 1.54) is 5.56 Å². The molecule has 2 aromatic rings.